The zero-order valence-corrected chi connectivity index (χ0v) is 13.5. The third-order valence-corrected chi connectivity index (χ3v) is 4.70. The third kappa shape index (κ3) is 4.00. The molecule has 0 aromatic carbocycles. The van der Waals surface area contributed by atoms with Gasteiger partial charge in [0.25, 0.3) is 0 Å². The highest BCUT2D eigenvalue weighted by molar-refractivity contribution is 5.90. The van der Waals surface area contributed by atoms with Gasteiger partial charge in [0.15, 0.2) is 0 Å². The summed E-state index contributed by atoms with van der Waals surface area (Å²) in [5, 5.41) is 5.53. The molecular weight excluding hydrogens is 292 g/mol. The Bertz CT molecular complexity index is 564. The Morgan fingerprint density at radius 2 is 2.13 bits per heavy atom. The number of carbonyl (C=O) groups excluding carboxylic acids is 2. The number of pyridine rings is 1. The van der Waals surface area contributed by atoms with Crippen LogP contribution in [-0.2, 0) is 16.1 Å². The first-order valence-electron chi connectivity index (χ1n) is 8.39. The average molecular weight is 316 g/mol. The molecule has 2 aliphatic rings. The van der Waals surface area contributed by atoms with Crippen LogP contribution in [-0.4, -0.2) is 35.9 Å². The van der Waals surface area contributed by atoms with Gasteiger partial charge in [0.1, 0.15) is 11.9 Å². The van der Waals surface area contributed by atoms with E-state index < -0.39 is 0 Å². The van der Waals surface area contributed by atoms with Gasteiger partial charge in [-0.25, -0.2) is 4.98 Å². The van der Waals surface area contributed by atoms with Crippen LogP contribution in [0.25, 0.3) is 0 Å². The number of amides is 2. The second-order valence-corrected chi connectivity index (χ2v) is 6.57. The normalized spacial score (nSPS) is 22.0. The summed E-state index contributed by atoms with van der Waals surface area (Å²) < 4.78 is 0. The monoisotopic (exact) mass is 316 g/mol. The number of rotatable bonds is 4. The Labute approximate surface area is 136 Å². The lowest BCUT2D eigenvalue weighted by Gasteiger charge is -2.31. The fraction of sp³-hybridized carbons (Fsp3) is 0.588. The van der Waals surface area contributed by atoms with Gasteiger partial charge in [0.05, 0.1) is 0 Å². The summed E-state index contributed by atoms with van der Waals surface area (Å²) in [6.07, 6.45) is 5.26. The lowest BCUT2D eigenvalue weighted by atomic mass is 9.99. The summed E-state index contributed by atoms with van der Waals surface area (Å²) in [5.74, 6) is 1.64. The largest absolute Gasteiger partial charge is 0.357 e. The smallest absolute Gasteiger partial charge is 0.242 e. The van der Waals surface area contributed by atoms with Crippen LogP contribution in [0.2, 0.25) is 0 Å². The number of carbonyl (C=O) groups is 2. The van der Waals surface area contributed by atoms with Crippen LogP contribution in [0.4, 0.5) is 5.82 Å². The Hall–Kier alpha value is -2.11. The highest BCUT2D eigenvalue weighted by atomic mass is 16.2. The summed E-state index contributed by atoms with van der Waals surface area (Å²) in [6.45, 7) is 4.86. The fourth-order valence-corrected chi connectivity index (χ4v) is 3.07. The lowest BCUT2D eigenvalue weighted by Crippen LogP contribution is -2.41. The molecule has 2 fully saturated rings. The summed E-state index contributed by atoms with van der Waals surface area (Å²) in [5.41, 5.74) is 0.969. The third-order valence-electron chi connectivity index (χ3n) is 4.70. The molecule has 6 heteroatoms. The van der Waals surface area contributed by atoms with E-state index >= 15 is 0 Å². The average Bonchev–Trinajstić information content (AvgIpc) is 3.00. The Morgan fingerprint density at radius 3 is 2.74 bits per heavy atom. The van der Waals surface area contributed by atoms with Crippen molar-refractivity contribution in [2.75, 3.05) is 18.0 Å². The number of piperidine rings is 1. The summed E-state index contributed by atoms with van der Waals surface area (Å²) in [4.78, 5) is 29.9. The Balaban J connectivity index is 1.49. The van der Waals surface area contributed by atoms with Crippen LogP contribution >= 0.6 is 0 Å². The van der Waals surface area contributed by atoms with Gasteiger partial charge in [0.2, 0.25) is 11.8 Å². The zero-order chi connectivity index (χ0) is 16.2. The maximum atomic E-state index is 12.0. The van der Waals surface area contributed by atoms with Gasteiger partial charge in [-0.3, -0.25) is 9.59 Å². The molecule has 0 radical (unpaired) electrons. The van der Waals surface area contributed by atoms with Crippen molar-refractivity contribution in [3.8, 4) is 0 Å². The van der Waals surface area contributed by atoms with Gasteiger partial charge in [-0.05, 0) is 36.8 Å². The van der Waals surface area contributed by atoms with E-state index in [9.17, 15) is 9.59 Å². The molecular formula is C17H24N4O2. The van der Waals surface area contributed by atoms with Crippen LogP contribution in [0, 0.1) is 5.92 Å². The number of nitrogens with zero attached hydrogens (tertiary/aromatic N) is 2. The van der Waals surface area contributed by atoms with Crippen LogP contribution in [0.3, 0.4) is 0 Å². The fourth-order valence-electron chi connectivity index (χ4n) is 3.07. The van der Waals surface area contributed by atoms with Gasteiger partial charge in [-0.15, -0.1) is 0 Å². The van der Waals surface area contributed by atoms with Crippen LogP contribution in [0.5, 0.6) is 0 Å². The maximum Gasteiger partial charge on any atom is 0.242 e. The van der Waals surface area contributed by atoms with Gasteiger partial charge < -0.3 is 15.5 Å². The van der Waals surface area contributed by atoms with Crippen molar-refractivity contribution in [1.82, 2.24) is 15.6 Å². The predicted octanol–water partition coefficient (Wildman–Crippen LogP) is 1.21. The molecule has 3 rings (SSSR count). The van der Waals surface area contributed by atoms with Crippen molar-refractivity contribution >= 4 is 17.6 Å². The minimum absolute atomic E-state index is 0.0491. The maximum absolute atomic E-state index is 12.0. The van der Waals surface area contributed by atoms with Gasteiger partial charge in [-0.2, -0.15) is 0 Å². The van der Waals surface area contributed by atoms with Crippen LogP contribution in [0.1, 0.15) is 38.2 Å². The van der Waals surface area contributed by atoms with Gasteiger partial charge in [-0.1, -0.05) is 13.0 Å². The molecule has 1 unspecified atom stereocenters. The van der Waals surface area contributed by atoms with E-state index in [0.29, 0.717) is 19.4 Å². The molecule has 2 saturated heterocycles. The standard InChI is InChI=1S/C17H24N4O2/c1-12-6-8-21(9-7-12)15-4-2-13(10-18-15)11-19-17(23)14-3-5-16(22)20-14/h2,4,10,12,14H,3,5-9,11H2,1H3,(H,19,23)(H,20,22). The SMILES string of the molecule is CC1CCN(c2ccc(CNC(=O)C3CCC(=O)N3)cn2)CC1. The minimum Gasteiger partial charge on any atom is -0.357 e. The van der Waals surface area contributed by atoms with Crippen molar-refractivity contribution in [3.63, 3.8) is 0 Å². The highest BCUT2D eigenvalue weighted by Gasteiger charge is 2.26. The summed E-state index contributed by atoms with van der Waals surface area (Å²) in [7, 11) is 0. The predicted molar refractivity (Wildman–Crippen MR) is 87.9 cm³/mol. The first kappa shape index (κ1) is 15.8. The summed E-state index contributed by atoms with van der Waals surface area (Å²) >= 11 is 0. The van der Waals surface area contributed by atoms with Crippen LogP contribution in [0.15, 0.2) is 18.3 Å². The first-order valence-corrected chi connectivity index (χ1v) is 8.39. The number of anilines is 1. The highest BCUT2D eigenvalue weighted by Crippen LogP contribution is 2.21. The zero-order valence-electron chi connectivity index (χ0n) is 13.5. The van der Waals surface area contributed by atoms with Crippen molar-refractivity contribution in [1.29, 1.82) is 0 Å². The van der Waals surface area contributed by atoms with Gasteiger partial charge >= 0.3 is 0 Å². The molecule has 2 aliphatic heterocycles. The van der Waals surface area contributed by atoms with Crippen molar-refractivity contribution < 1.29 is 9.59 Å². The molecule has 0 aliphatic carbocycles. The molecule has 23 heavy (non-hydrogen) atoms. The molecule has 0 saturated carbocycles. The van der Waals surface area contributed by atoms with Crippen molar-refractivity contribution in [3.05, 3.63) is 23.9 Å². The molecule has 0 bridgehead atoms. The van der Waals surface area contributed by atoms with E-state index in [1.165, 1.54) is 12.8 Å². The first-order chi connectivity index (χ1) is 11.1. The molecule has 0 spiro atoms. The van der Waals surface area contributed by atoms with E-state index in [-0.39, 0.29) is 17.9 Å². The van der Waals surface area contributed by atoms with Gasteiger partial charge in [0, 0.05) is 32.3 Å². The summed E-state index contributed by atoms with van der Waals surface area (Å²) in [6, 6.07) is 3.65. The molecule has 2 N–H and O–H groups in total. The lowest BCUT2D eigenvalue weighted by molar-refractivity contribution is -0.125. The second-order valence-electron chi connectivity index (χ2n) is 6.57. The van der Waals surface area contributed by atoms with Crippen LogP contribution < -0.4 is 15.5 Å². The quantitative estimate of drug-likeness (QED) is 0.876. The van der Waals surface area contributed by atoms with E-state index in [4.69, 9.17) is 0 Å². The number of hydrogen-bond donors (Lipinski definition) is 2. The molecule has 1 aromatic heterocycles. The molecule has 124 valence electrons. The molecule has 6 nitrogen and oxygen atoms in total. The van der Waals surface area contributed by atoms with E-state index in [0.717, 1.165) is 30.4 Å². The number of nitrogens with one attached hydrogen (secondary N) is 2. The van der Waals surface area contributed by atoms with Crippen molar-refractivity contribution in [2.24, 2.45) is 5.92 Å². The minimum atomic E-state index is -0.384. The topological polar surface area (TPSA) is 74.3 Å². The molecule has 1 aromatic rings. The number of hydrogen-bond acceptors (Lipinski definition) is 4. The Morgan fingerprint density at radius 1 is 1.35 bits per heavy atom. The molecule has 1 atom stereocenters. The second kappa shape index (κ2) is 6.98. The number of aromatic nitrogens is 1. The van der Waals surface area contributed by atoms with E-state index in [1.54, 1.807) is 0 Å². The van der Waals surface area contributed by atoms with Crippen molar-refractivity contribution in [2.45, 2.75) is 45.2 Å². The van der Waals surface area contributed by atoms with E-state index in [2.05, 4.69) is 27.4 Å². The van der Waals surface area contributed by atoms with E-state index in [1.807, 2.05) is 18.3 Å². The molecule has 2 amide bonds. The molecule has 3 heterocycles. The Kier molecular flexibility index (Phi) is 4.79.